The molecule has 0 radical (unpaired) electrons. The van der Waals surface area contributed by atoms with Gasteiger partial charge in [0, 0.05) is 13.1 Å². The Morgan fingerprint density at radius 1 is 1.26 bits per heavy atom. The Bertz CT molecular complexity index is 1010. The third kappa shape index (κ3) is 3.23. The van der Waals surface area contributed by atoms with E-state index in [4.69, 9.17) is 0 Å². The molecule has 0 bridgehead atoms. The lowest BCUT2D eigenvalue weighted by atomic mass is 10.00. The van der Waals surface area contributed by atoms with E-state index in [2.05, 4.69) is 37.1 Å². The molecular weight excluding hydrogens is 350 g/mol. The van der Waals surface area contributed by atoms with E-state index in [1.165, 1.54) is 15.3 Å². The topological polar surface area (TPSA) is 120 Å². The van der Waals surface area contributed by atoms with Crippen LogP contribution in [0.25, 0.3) is 17.3 Å². The van der Waals surface area contributed by atoms with E-state index in [0.717, 1.165) is 31.8 Å². The number of fused-ring (bicyclic) bond motifs is 1. The molecule has 1 saturated heterocycles. The Labute approximate surface area is 154 Å². The monoisotopic (exact) mass is 369 g/mol. The van der Waals surface area contributed by atoms with Gasteiger partial charge in [-0.1, -0.05) is 6.92 Å². The largest absolute Gasteiger partial charge is 0.363 e. The van der Waals surface area contributed by atoms with Crippen molar-refractivity contribution in [2.24, 2.45) is 18.0 Å². The number of piperidine rings is 1. The van der Waals surface area contributed by atoms with Crippen LogP contribution in [-0.2, 0) is 7.05 Å². The first kappa shape index (κ1) is 17.1. The fourth-order valence-corrected chi connectivity index (χ4v) is 3.05. The first-order valence-electron chi connectivity index (χ1n) is 8.70. The zero-order valence-electron chi connectivity index (χ0n) is 15.1. The van der Waals surface area contributed by atoms with Crippen LogP contribution >= 0.6 is 0 Å². The third-order valence-electron chi connectivity index (χ3n) is 4.77. The van der Waals surface area contributed by atoms with Gasteiger partial charge in [-0.05, 0) is 35.8 Å². The summed E-state index contributed by atoms with van der Waals surface area (Å²) in [6.07, 6.45) is 5.32. The number of imidazole rings is 1. The van der Waals surface area contributed by atoms with Gasteiger partial charge in [0.25, 0.3) is 5.82 Å². The number of hydrogen-bond acceptors (Lipinski definition) is 7. The predicted molar refractivity (Wildman–Crippen MR) is 97.8 cm³/mol. The molecule has 4 rings (SSSR count). The second kappa shape index (κ2) is 6.74. The van der Waals surface area contributed by atoms with E-state index < -0.39 is 4.92 Å². The molecule has 3 aromatic heterocycles. The van der Waals surface area contributed by atoms with Crippen LogP contribution in [0.15, 0.2) is 23.3 Å². The van der Waals surface area contributed by atoms with Crippen molar-refractivity contribution < 1.29 is 4.92 Å². The van der Waals surface area contributed by atoms with Crippen LogP contribution in [0.4, 0.5) is 11.6 Å². The molecular formula is C16H19N9O2. The summed E-state index contributed by atoms with van der Waals surface area (Å²) in [5, 5.41) is 23.6. The molecule has 1 aliphatic heterocycles. The minimum atomic E-state index is -0.498. The highest BCUT2D eigenvalue weighted by Gasteiger charge is 2.23. The van der Waals surface area contributed by atoms with Crippen molar-refractivity contribution in [2.75, 3.05) is 13.1 Å². The van der Waals surface area contributed by atoms with Crippen LogP contribution in [0.5, 0.6) is 0 Å². The minimum absolute atomic E-state index is 0.129. The van der Waals surface area contributed by atoms with Gasteiger partial charge in [-0.25, -0.2) is 14.5 Å². The summed E-state index contributed by atoms with van der Waals surface area (Å²) >= 11 is 0. The lowest BCUT2D eigenvalue weighted by molar-refractivity contribution is -0.391. The molecule has 11 heteroatoms. The number of aromatic nitrogens is 6. The fraction of sp³-hybridized carbons (Fsp3) is 0.438. The third-order valence-corrected chi connectivity index (χ3v) is 4.77. The zero-order valence-corrected chi connectivity index (χ0v) is 15.1. The average Bonchev–Trinajstić information content (AvgIpc) is 3.24. The van der Waals surface area contributed by atoms with E-state index in [-0.39, 0.29) is 5.82 Å². The molecule has 11 nitrogen and oxygen atoms in total. The van der Waals surface area contributed by atoms with Crippen molar-refractivity contribution >= 4 is 23.6 Å². The Hall–Kier alpha value is -3.37. The molecule has 3 aromatic rings. The lowest BCUT2D eigenvalue weighted by Crippen LogP contribution is -2.31. The summed E-state index contributed by atoms with van der Waals surface area (Å²) in [7, 11) is 1.56. The van der Waals surface area contributed by atoms with Gasteiger partial charge < -0.3 is 15.0 Å². The molecule has 0 amide bonds. The van der Waals surface area contributed by atoms with Crippen LogP contribution in [0, 0.1) is 16.0 Å². The molecule has 0 N–H and O–H groups in total. The van der Waals surface area contributed by atoms with Crippen LogP contribution in [0.2, 0.25) is 0 Å². The highest BCUT2D eigenvalue weighted by molar-refractivity contribution is 5.61. The first-order chi connectivity index (χ1) is 13.0. The van der Waals surface area contributed by atoms with Gasteiger partial charge in [0.2, 0.25) is 5.82 Å². The molecule has 0 saturated carbocycles. The van der Waals surface area contributed by atoms with Crippen molar-refractivity contribution in [2.45, 2.75) is 19.8 Å². The highest BCUT2D eigenvalue weighted by atomic mass is 16.6. The number of aliphatic imine (C=N–C) groups is 1. The van der Waals surface area contributed by atoms with E-state index in [9.17, 15) is 10.1 Å². The summed E-state index contributed by atoms with van der Waals surface area (Å²) in [5.41, 5.74) is 0.515. The second-order valence-electron chi connectivity index (χ2n) is 6.70. The van der Waals surface area contributed by atoms with Crippen LogP contribution in [0.1, 0.15) is 19.8 Å². The van der Waals surface area contributed by atoms with Gasteiger partial charge in [-0.15, -0.1) is 15.3 Å². The summed E-state index contributed by atoms with van der Waals surface area (Å²) in [6, 6.07) is 3.52. The maximum atomic E-state index is 11.0. The molecule has 0 aliphatic carbocycles. The van der Waals surface area contributed by atoms with Gasteiger partial charge in [0.15, 0.2) is 11.5 Å². The molecule has 0 unspecified atom stereocenters. The highest BCUT2D eigenvalue weighted by Crippen LogP contribution is 2.22. The Morgan fingerprint density at radius 2 is 2.04 bits per heavy atom. The van der Waals surface area contributed by atoms with E-state index in [0.29, 0.717) is 23.1 Å². The smallest absolute Gasteiger partial charge is 0.343 e. The van der Waals surface area contributed by atoms with Crippen molar-refractivity contribution in [3.05, 3.63) is 28.4 Å². The molecule has 0 atom stereocenters. The van der Waals surface area contributed by atoms with Crippen LogP contribution < -0.4 is 0 Å². The van der Waals surface area contributed by atoms with Gasteiger partial charge in [0.1, 0.15) is 6.20 Å². The second-order valence-corrected chi connectivity index (χ2v) is 6.70. The average molecular weight is 369 g/mol. The molecule has 140 valence electrons. The number of nitrogens with zero attached hydrogens (tertiary/aromatic N) is 9. The van der Waals surface area contributed by atoms with E-state index in [1.54, 1.807) is 19.2 Å². The standard InChI is InChI=1S/C16H19N9O2/c1-11-5-7-23(8-6-11)10-18-12-3-4-13-19-20-16(24(13)21-12)15-17-9-14(22(15)2)25(26)27/h3-4,9-11H,5-8H2,1-2H3. The van der Waals surface area contributed by atoms with Gasteiger partial charge >= 0.3 is 5.82 Å². The van der Waals surface area contributed by atoms with Crippen molar-refractivity contribution in [1.29, 1.82) is 0 Å². The quantitative estimate of drug-likeness (QED) is 0.298. The Morgan fingerprint density at radius 3 is 2.74 bits per heavy atom. The predicted octanol–water partition coefficient (Wildman–Crippen LogP) is 1.82. The van der Waals surface area contributed by atoms with Crippen molar-refractivity contribution in [3.63, 3.8) is 0 Å². The Kier molecular flexibility index (Phi) is 4.26. The normalized spacial score (nSPS) is 15.9. The number of likely N-dealkylation sites (tertiary alicyclic amines) is 1. The molecule has 27 heavy (non-hydrogen) atoms. The lowest BCUT2D eigenvalue weighted by Gasteiger charge is -2.28. The van der Waals surface area contributed by atoms with Crippen molar-refractivity contribution in [3.8, 4) is 11.6 Å². The van der Waals surface area contributed by atoms with Crippen molar-refractivity contribution in [1.82, 2.24) is 34.3 Å². The van der Waals surface area contributed by atoms with Gasteiger partial charge in [0.05, 0.1) is 13.4 Å². The number of rotatable bonds is 4. The molecule has 0 spiro atoms. The summed E-state index contributed by atoms with van der Waals surface area (Å²) in [4.78, 5) is 21.3. The van der Waals surface area contributed by atoms with Gasteiger partial charge in [-0.3, -0.25) is 0 Å². The van der Waals surface area contributed by atoms with Gasteiger partial charge in [-0.2, -0.15) is 4.52 Å². The molecule has 0 aromatic carbocycles. The molecule has 4 heterocycles. The summed E-state index contributed by atoms with van der Waals surface area (Å²) in [5.74, 6) is 1.77. The summed E-state index contributed by atoms with van der Waals surface area (Å²) in [6.45, 7) is 4.24. The Balaban J connectivity index is 1.65. The zero-order chi connectivity index (χ0) is 19.0. The minimum Gasteiger partial charge on any atom is -0.363 e. The maximum absolute atomic E-state index is 11.0. The first-order valence-corrected chi connectivity index (χ1v) is 8.70. The van der Waals surface area contributed by atoms with Crippen LogP contribution in [0.3, 0.4) is 0 Å². The fourth-order valence-electron chi connectivity index (χ4n) is 3.05. The summed E-state index contributed by atoms with van der Waals surface area (Å²) < 4.78 is 2.85. The van der Waals surface area contributed by atoms with Crippen LogP contribution in [-0.4, -0.2) is 58.6 Å². The van der Waals surface area contributed by atoms with E-state index in [1.807, 2.05) is 6.34 Å². The number of nitro groups is 1. The molecule has 1 aliphatic rings. The van der Waals surface area contributed by atoms with E-state index >= 15 is 0 Å². The number of hydrogen-bond donors (Lipinski definition) is 0. The maximum Gasteiger partial charge on any atom is 0.343 e. The SMILES string of the molecule is CC1CCN(C=Nc2ccc3nnc(-c4ncc([N+](=O)[O-])n4C)n3n2)CC1. The molecule has 1 fully saturated rings.